The van der Waals surface area contributed by atoms with Crippen LogP contribution in [-0.2, 0) is 19.1 Å². The Kier molecular flexibility index (Phi) is 7.69. The summed E-state index contributed by atoms with van der Waals surface area (Å²) in [6.07, 6.45) is -0.399. The van der Waals surface area contributed by atoms with Crippen LogP contribution in [-0.4, -0.2) is 45.9 Å². The third-order valence-corrected chi connectivity index (χ3v) is 2.33. The molecule has 2 unspecified atom stereocenters. The molecule has 7 nitrogen and oxygen atoms in total. The molecule has 0 bridgehead atoms. The maximum absolute atomic E-state index is 11.3. The Morgan fingerprint density at radius 1 is 1.17 bits per heavy atom. The minimum Gasteiger partial charge on any atom is -0.481 e. The summed E-state index contributed by atoms with van der Waals surface area (Å²) < 4.78 is 4.67. The zero-order valence-electron chi connectivity index (χ0n) is 10.2. The van der Waals surface area contributed by atoms with E-state index in [1.807, 2.05) is 6.92 Å². The smallest absolute Gasteiger partial charge is 0.335 e. The summed E-state index contributed by atoms with van der Waals surface area (Å²) in [6, 6.07) is 0. The lowest BCUT2D eigenvalue weighted by Crippen LogP contribution is -2.37. The van der Waals surface area contributed by atoms with Gasteiger partial charge in [-0.25, -0.2) is 4.79 Å². The number of aliphatic carboxylic acids is 2. The van der Waals surface area contributed by atoms with Gasteiger partial charge in [0.2, 0.25) is 0 Å². The Bertz CT molecular complexity index is 300. The van der Waals surface area contributed by atoms with Crippen LogP contribution in [0.4, 0.5) is 0 Å². The summed E-state index contributed by atoms with van der Waals surface area (Å²) in [6.45, 7) is 2.05. The van der Waals surface area contributed by atoms with Crippen molar-refractivity contribution in [3.63, 3.8) is 0 Å². The highest BCUT2D eigenvalue weighted by molar-refractivity contribution is 5.85. The van der Waals surface area contributed by atoms with Crippen molar-refractivity contribution in [2.75, 3.05) is 6.61 Å². The number of carboxylic acid groups (broad SMARTS) is 2. The van der Waals surface area contributed by atoms with E-state index in [4.69, 9.17) is 10.2 Å². The minimum atomic E-state index is -1.96. The second-order valence-electron chi connectivity index (χ2n) is 3.86. The third kappa shape index (κ3) is 6.19. The monoisotopic (exact) mass is 262 g/mol. The number of rotatable bonds is 9. The molecule has 0 radical (unpaired) electrons. The number of carboxylic acids is 2. The number of aliphatic hydroxyl groups excluding tert-OH is 1. The van der Waals surface area contributed by atoms with Crippen LogP contribution in [0.15, 0.2) is 0 Å². The van der Waals surface area contributed by atoms with Crippen molar-refractivity contribution in [3.05, 3.63) is 0 Å². The molecule has 0 amide bonds. The molecular formula is C11H18O7. The molecule has 18 heavy (non-hydrogen) atoms. The lowest BCUT2D eigenvalue weighted by atomic mass is 9.99. The summed E-state index contributed by atoms with van der Waals surface area (Å²) in [5.74, 6) is -5.74. The van der Waals surface area contributed by atoms with Crippen molar-refractivity contribution < 1.29 is 34.4 Å². The van der Waals surface area contributed by atoms with Crippen molar-refractivity contribution in [2.45, 2.75) is 38.7 Å². The fourth-order valence-electron chi connectivity index (χ4n) is 1.30. The summed E-state index contributed by atoms with van der Waals surface area (Å²) in [5, 5.41) is 26.6. The van der Waals surface area contributed by atoms with E-state index in [1.165, 1.54) is 0 Å². The second kappa shape index (κ2) is 8.46. The van der Waals surface area contributed by atoms with Crippen molar-refractivity contribution in [1.82, 2.24) is 0 Å². The molecule has 0 spiro atoms. The van der Waals surface area contributed by atoms with Crippen LogP contribution < -0.4 is 0 Å². The van der Waals surface area contributed by atoms with Gasteiger partial charge in [0, 0.05) is 0 Å². The molecule has 7 heteroatoms. The lowest BCUT2D eigenvalue weighted by Gasteiger charge is -2.16. The Balaban J connectivity index is 4.29. The molecule has 0 saturated carbocycles. The van der Waals surface area contributed by atoms with Crippen LogP contribution in [0.2, 0.25) is 0 Å². The average Bonchev–Trinajstić information content (AvgIpc) is 2.30. The molecule has 0 aromatic heterocycles. The Morgan fingerprint density at radius 3 is 2.22 bits per heavy atom. The molecular weight excluding hydrogens is 244 g/mol. The number of aliphatic hydroxyl groups is 1. The maximum Gasteiger partial charge on any atom is 0.335 e. The Labute approximate surface area is 104 Å². The van der Waals surface area contributed by atoms with E-state index in [2.05, 4.69) is 4.74 Å². The molecule has 0 aromatic rings. The number of esters is 1. The van der Waals surface area contributed by atoms with Gasteiger partial charge in [-0.15, -0.1) is 0 Å². The fourth-order valence-corrected chi connectivity index (χ4v) is 1.30. The number of ether oxygens (including phenoxy) is 1. The number of carbonyl (C=O) groups excluding carboxylic acids is 1. The average molecular weight is 262 g/mol. The molecule has 0 fully saturated rings. The zero-order chi connectivity index (χ0) is 14.1. The highest BCUT2D eigenvalue weighted by Gasteiger charge is 2.35. The Hall–Kier alpha value is -1.63. The predicted molar refractivity (Wildman–Crippen MR) is 59.9 cm³/mol. The third-order valence-electron chi connectivity index (χ3n) is 2.33. The number of carbonyl (C=O) groups is 3. The van der Waals surface area contributed by atoms with Crippen molar-refractivity contribution >= 4 is 17.9 Å². The maximum atomic E-state index is 11.3. The summed E-state index contributed by atoms with van der Waals surface area (Å²) in [5.41, 5.74) is 0. The molecule has 0 aliphatic heterocycles. The summed E-state index contributed by atoms with van der Waals surface area (Å²) >= 11 is 0. The number of hydrogen-bond donors (Lipinski definition) is 3. The van der Waals surface area contributed by atoms with Crippen molar-refractivity contribution in [1.29, 1.82) is 0 Å². The quantitative estimate of drug-likeness (QED) is 0.402. The molecule has 0 aromatic carbocycles. The zero-order valence-corrected chi connectivity index (χ0v) is 10.2. The van der Waals surface area contributed by atoms with Gasteiger partial charge in [-0.05, 0) is 6.42 Å². The first-order chi connectivity index (χ1) is 8.40. The van der Waals surface area contributed by atoms with Crippen LogP contribution in [0.1, 0.15) is 32.6 Å². The van der Waals surface area contributed by atoms with Gasteiger partial charge < -0.3 is 20.1 Å². The number of unbranched alkanes of at least 4 members (excludes halogenated alkanes) is 2. The van der Waals surface area contributed by atoms with Gasteiger partial charge >= 0.3 is 17.9 Å². The van der Waals surface area contributed by atoms with E-state index in [0.29, 0.717) is 6.42 Å². The van der Waals surface area contributed by atoms with E-state index in [1.54, 1.807) is 0 Å². The molecule has 0 rings (SSSR count). The standard InChI is InChI=1S/C11H18O7/c1-2-3-4-5-18-11(17)9(14)7(10(15)16)6-8(12)13/h7,9,14H,2-6H2,1H3,(H,12,13)(H,15,16). The normalized spacial score (nSPS) is 13.7. The van der Waals surface area contributed by atoms with E-state index >= 15 is 0 Å². The van der Waals surface area contributed by atoms with Crippen molar-refractivity contribution in [3.8, 4) is 0 Å². The van der Waals surface area contributed by atoms with Crippen LogP contribution in [0.5, 0.6) is 0 Å². The highest BCUT2D eigenvalue weighted by Crippen LogP contribution is 2.12. The van der Waals surface area contributed by atoms with E-state index in [0.717, 1.165) is 12.8 Å². The fraction of sp³-hybridized carbons (Fsp3) is 0.727. The molecule has 3 N–H and O–H groups in total. The van der Waals surface area contributed by atoms with Gasteiger partial charge in [0.15, 0.2) is 6.10 Å². The first-order valence-corrected chi connectivity index (χ1v) is 5.69. The lowest BCUT2D eigenvalue weighted by molar-refractivity contribution is -0.166. The molecule has 104 valence electrons. The van der Waals surface area contributed by atoms with E-state index in [9.17, 15) is 19.5 Å². The van der Waals surface area contributed by atoms with Crippen molar-refractivity contribution in [2.24, 2.45) is 5.92 Å². The van der Waals surface area contributed by atoms with Gasteiger partial charge in [-0.2, -0.15) is 0 Å². The van der Waals surface area contributed by atoms with E-state index < -0.39 is 36.4 Å². The van der Waals surface area contributed by atoms with Crippen LogP contribution in [0.3, 0.4) is 0 Å². The van der Waals surface area contributed by atoms with E-state index in [-0.39, 0.29) is 6.61 Å². The first-order valence-electron chi connectivity index (χ1n) is 5.69. The van der Waals surface area contributed by atoms with Gasteiger partial charge in [0.25, 0.3) is 0 Å². The van der Waals surface area contributed by atoms with Crippen LogP contribution >= 0.6 is 0 Å². The minimum absolute atomic E-state index is 0.0865. The topological polar surface area (TPSA) is 121 Å². The molecule has 0 saturated heterocycles. The first kappa shape index (κ1) is 16.4. The van der Waals surface area contributed by atoms with Crippen LogP contribution in [0.25, 0.3) is 0 Å². The second-order valence-corrected chi connectivity index (χ2v) is 3.86. The summed E-state index contributed by atoms with van der Waals surface area (Å²) in [7, 11) is 0. The SMILES string of the molecule is CCCCCOC(=O)C(O)C(CC(=O)O)C(=O)O. The van der Waals surface area contributed by atoms with Crippen LogP contribution in [0, 0.1) is 5.92 Å². The largest absolute Gasteiger partial charge is 0.481 e. The molecule has 2 atom stereocenters. The Morgan fingerprint density at radius 2 is 1.78 bits per heavy atom. The van der Waals surface area contributed by atoms with Gasteiger partial charge in [0.1, 0.15) is 5.92 Å². The molecule has 0 aliphatic carbocycles. The number of hydrogen-bond acceptors (Lipinski definition) is 5. The van der Waals surface area contributed by atoms with Gasteiger partial charge in [0.05, 0.1) is 13.0 Å². The predicted octanol–water partition coefficient (Wildman–Crippen LogP) is 0.256. The molecule has 0 aliphatic rings. The van der Waals surface area contributed by atoms with Gasteiger partial charge in [-0.1, -0.05) is 19.8 Å². The molecule has 0 heterocycles. The highest BCUT2D eigenvalue weighted by atomic mass is 16.5. The van der Waals surface area contributed by atoms with Gasteiger partial charge in [-0.3, -0.25) is 9.59 Å². The summed E-state index contributed by atoms with van der Waals surface area (Å²) in [4.78, 5) is 32.4.